The number of aliphatic hydroxyl groups excluding tert-OH is 2. The Morgan fingerprint density at radius 3 is 2.22 bits per heavy atom. The number of hydrogen-bond donors (Lipinski definition) is 13. The molecule has 0 saturated carbocycles. The molecule has 6 amide bonds. The van der Waals surface area contributed by atoms with Gasteiger partial charge in [-0.15, -0.1) is 0 Å². The first kappa shape index (κ1) is 61.5. The number of hydrogen-bond acceptors (Lipinski definition) is 19. The number of carboxylic acid groups (broad SMARTS) is 1. The second kappa shape index (κ2) is 29.4. The van der Waals surface area contributed by atoms with Gasteiger partial charge < -0.3 is 85.5 Å². The Bertz CT molecular complexity index is 2360. The quantitative estimate of drug-likeness (QED) is 0.0193. The van der Waals surface area contributed by atoms with Crippen molar-refractivity contribution in [3.8, 4) is 0 Å². The van der Waals surface area contributed by atoms with E-state index in [1.54, 1.807) is 11.8 Å². The number of anilines is 1. The predicted molar refractivity (Wildman–Crippen MR) is 281 cm³/mol. The first-order valence-electron chi connectivity index (χ1n) is 26.6. The summed E-state index contributed by atoms with van der Waals surface area (Å²) in [4.78, 5) is 116. The molecule has 29 nitrogen and oxygen atoms in total. The summed E-state index contributed by atoms with van der Waals surface area (Å²) in [7, 11) is 0. The molecule has 0 spiro atoms. The molecule has 12 atom stereocenters. The molecule has 0 bridgehead atoms. The molecule has 29 heteroatoms. The second-order valence-corrected chi connectivity index (χ2v) is 20.3. The van der Waals surface area contributed by atoms with Crippen LogP contribution in [0.4, 0.5) is 5.82 Å². The molecule has 2 aromatic rings. The Kier molecular flexibility index (Phi) is 23.5. The van der Waals surface area contributed by atoms with Gasteiger partial charge in [0.15, 0.2) is 23.7 Å². The third kappa shape index (κ3) is 16.8. The number of primary amides is 1. The van der Waals surface area contributed by atoms with E-state index in [4.69, 9.17) is 39.1 Å². The molecule has 5 heterocycles. The molecule has 0 radical (unpaired) electrons. The van der Waals surface area contributed by atoms with E-state index < -0.39 is 102 Å². The van der Waals surface area contributed by atoms with E-state index in [0.29, 0.717) is 88.8 Å². The Hall–Kier alpha value is -6.37. The molecule has 0 aromatic carbocycles. The Morgan fingerprint density at radius 2 is 1.53 bits per heavy atom. The SMILES string of the molecule is CC[C@H](C)[C@H](NC(=O)[C@H](CCCN=C(N)N)NC(=O)[C@H](CCCCN)NC(=O)[C@@H]1CCCN1C(=O)[C@@H]1CCCN1CCCN(CC[C@H](N)C(=O)O)C[C@H]1O[C@@H](n2cnc3c(N)ncnc32)[C@H](O)[C@@H]1O)C(=O)N[C@@H](C)C(N)=O. The summed E-state index contributed by atoms with van der Waals surface area (Å²) in [5.41, 5.74) is 34.7. The number of carboxylic acids is 1. The fraction of sp³-hybridized carbons (Fsp3) is 0.729. The Labute approximate surface area is 447 Å². The van der Waals surface area contributed by atoms with Gasteiger partial charge in [0.2, 0.25) is 35.4 Å². The lowest BCUT2D eigenvalue weighted by Crippen LogP contribution is -2.60. The van der Waals surface area contributed by atoms with Crippen LogP contribution in [0.3, 0.4) is 0 Å². The average molecular weight is 1090 g/mol. The number of aliphatic hydroxyl groups is 2. The van der Waals surface area contributed by atoms with Crippen molar-refractivity contribution >= 4 is 64.4 Å². The Balaban J connectivity index is 1.24. The van der Waals surface area contributed by atoms with E-state index in [1.165, 1.54) is 24.1 Å². The number of likely N-dealkylation sites (tertiary alicyclic amines) is 2. The van der Waals surface area contributed by atoms with Crippen LogP contribution in [0.5, 0.6) is 0 Å². The first-order valence-corrected chi connectivity index (χ1v) is 26.6. The van der Waals surface area contributed by atoms with Crippen LogP contribution in [0.2, 0.25) is 0 Å². The van der Waals surface area contributed by atoms with Crippen LogP contribution in [0, 0.1) is 5.92 Å². The number of nitrogens with one attached hydrogen (secondary N) is 4. The molecular formula is C48H82N18O11. The third-order valence-corrected chi connectivity index (χ3v) is 14.7. The summed E-state index contributed by atoms with van der Waals surface area (Å²) in [6.45, 7) is 7.55. The molecule has 2 aromatic heterocycles. The third-order valence-electron chi connectivity index (χ3n) is 14.7. The van der Waals surface area contributed by atoms with Gasteiger partial charge in [-0.3, -0.25) is 48.0 Å². The van der Waals surface area contributed by atoms with Gasteiger partial charge >= 0.3 is 5.97 Å². The number of nitrogens with two attached hydrogens (primary N) is 6. The second-order valence-electron chi connectivity index (χ2n) is 20.3. The maximum absolute atomic E-state index is 14.5. The minimum Gasteiger partial charge on any atom is -0.480 e. The highest BCUT2D eigenvalue weighted by atomic mass is 16.6. The van der Waals surface area contributed by atoms with E-state index in [9.17, 15) is 48.9 Å². The molecule has 3 aliphatic rings. The van der Waals surface area contributed by atoms with Crippen LogP contribution in [0.15, 0.2) is 17.6 Å². The van der Waals surface area contributed by atoms with E-state index in [-0.39, 0.29) is 68.9 Å². The van der Waals surface area contributed by atoms with Crippen LogP contribution in [-0.2, 0) is 38.3 Å². The summed E-state index contributed by atoms with van der Waals surface area (Å²) in [5.74, 6) is -5.10. The number of amides is 6. The standard InChI is InChI=1S/C48H82N18O11/c1-4-26(2)34(44(73)59-27(3)39(52)69)62-42(71)30(12-7-17-55-48(53)54)60-41(70)29(11-5-6-16-49)61-43(72)31-13-9-21-65(31)45(74)32-14-8-19-64(32)20-10-18-63(22-15-28(50)47(75)76)23-33-36(67)37(68)46(77-33)66-25-58-35-38(51)56-24-57-40(35)66/h24-34,36-37,46,67-68H,4-23,49-50H2,1-3H3,(H2,52,69)(H,59,73)(H,60,70)(H,61,72)(H,62,71)(H,75,76)(H2,51,56,57)(H4,53,54,55)/t26-,27-,28-,29-,30-,31-,32-,33+,34-,36+,37+,46+/m0/s1. The van der Waals surface area contributed by atoms with E-state index in [2.05, 4.69) is 46.1 Å². The highest BCUT2D eigenvalue weighted by Gasteiger charge is 2.46. The molecule has 430 valence electrons. The number of rotatable bonds is 31. The number of aliphatic imine (C=N–C) groups is 1. The van der Waals surface area contributed by atoms with Crippen molar-refractivity contribution < 1.29 is 53.6 Å². The molecule has 0 unspecified atom stereocenters. The molecule has 19 N–H and O–H groups in total. The normalized spacial score (nSPS) is 22.9. The first-order chi connectivity index (χ1) is 36.7. The van der Waals surface area contributed by atoms with Gasteiger partial charge in [0.1, 0.15) is 66.4 Å². The van der Waals surface area contributed by atoms with Crippen molar-refractivity contribution in [1.29, 1.82) is 0 Å². The maximum Gasteiger partial charge on any atom is 0.320 e. The van der Waals surface area contributed by atoms with Gasteiger partial charge in [-0.05, 0) is 103 Å². The molecule has 0 aliphatic carbocycles. The molecule has 77 heavy (non-hydrogen) atoms. The highest BCUT2D eigenvalue weighted by molar-refractivity contribution is 5.97. The number of ether oxygens (including phenoxy) is 1. The number of fused-ring (bicyclic) bond motifs is 1. The van der Waals surface area contributed by atoms with Crippen LogP contribution in [0.1, 0.15) is 104 Å². The maximum atomic E-state index is 14.5. The average Bonchev–Trinajstić information content (AvgIpc) is 4.25. The molecule has 3 fully saturated rings. The zero-order valence-corrected chi connectivity index (χ0v) is 44.4. The van der Waals surface area contributed by atoms with Gasteiger partial charge in [0.05, 0.1) is 12.4 Å². The van der Waals surface area contributed by atoms with Crippen molar-refractivity contribution in [3.05, 3.63) is 12.7 Å². The minimum absolute atomic E-state index is 0.0461. The van der Waals surface area contributed by atoms with Crippen molar-refractivity contribution in [2.75, 3.05) is 58.1 Å². The lowest BCUT2D eigenvalue weighted by molar-refractivity contribution is -0.142. The highest BCUT2D eigenvalue weighted by Crippen LogP contribution is 2.33. The monoisotopic (exact) mass is 1090 g/mol. The molecule has 5 rings (SSSR count). The van der Waals surface area contributed by atoms with Crippen LogP contribution >= 0.6 is 0 Å². The smallest absolute Gasteiger partial charge is 0.320 e. The lowest BCUT2D eigenvalue weighted by atomic mass is 9.97. The van der Waals surface area contributed by atoms with Crippen molar-refractivity contribution in [2.45, 2.75) is 165 Å². The zero-order valence-electron chi connectivity index (χ0n) is 44.4. The van der Waals surface area contributed by atoms with Gasteiger partial charge in [-0.25, -0.2) is 15.0 Å². The summed E-state index contributed by atoms with van der Waals surface area (Å²) >= 11 is 0. The van der Waals surface area contributed by atoms with Gasteiger partial charge in [-0.1, -0.05) is 20.3 Å². The van der Waals surface area contributed by atoms with Crippen LogP contribution in [0.25, 0.3) is 11.2 Å². The molecule has 3 saturated heterocycles. The van der Waals surface area contributed by atoms with Crippen LogP contribution in [-0.4, -0.2) is 210 Å². The summed E-state index contributed by atoms with van der Waals surface area (Å²) in [6.07, 6.45) is 2.64. The number of nitrogen functional groups attached to an aromatic ring is 1. The minimum atomic E-state index is -1.37. The summed E-state index contributed by atoms with van der Waals surface area (Å²) in [5, 5.41) is 42.8. The molecular weight excluding hydrogens is 1000 g/mol. The van der Waals surface area contributed by atoms with Gasteiger partial charge in [0, 0.05) is 32.7 Å². The predicted octanol–water partition coefficient (Wildman–Crippen LogP) is -4.35. The van der Waals surface area contributed by atoms with Crippen molar-refractivity contribution in [2.24, 2.45) is 39.6 Å². The van der Waals surface area contributed by atoms with E-state index in [1.807, 2.05) is 11.8 Å². The van der Waals surface area contributed by atoms with Gasteiger partial charge in [-0.2, -0.15) is 0 Å². The topological polar surface area (TPSA) is 459 Å². The van der Waals surface area contributed by atoms with Gasteiger partial charge in [0.25, 0.3) is 0 Å². The van der Waals surface area contributed by atoms with Crippen molar-refractivity contribution in [3.63, 3.8) is 0 Å². The number of imidazole rings is 1. The van der Waals surface area contributed by atoms with Crippen molar-refractivity contribution in [1.82, 2.24) is 55.5 Å². The number of aromatic nitrogens is 4. The number of carbonyl (C=O) groups excluding carboxylic acids is 6. The summed E-state index contributed by atoms with van der Waals surface area (Å²) < 4.78 is 7.67. The summed E-state index contributed by atoms with van der Waals surface area (Å²) in [6, 6.07) is -7.04. The number of guanidine groups is 1. The largest absolute Gasteiger partial charge is 0.480 e. The number of nitrogens with zero attached hydrogens (tertiary/aromatic N) is 8. The lowest BCUT2D eigenvalue weighted by Gasteiger charge is -2.32. The number of unbranched alkanes of at least 4 members (excludes halogenated alkanes) is 1. The number of carbonyl (C=O) groups is 7. The molecule has 3 aliphatic heterocycles. The van der Waals surface area contributed by atoms with E-state index >= 15 is 0 Å². The van der Waals surface area contributed by atoms with Crippen LogP contribution < -0.4 is 55.7 Å². The zero-order chi connectivity index (χ0) is 56.5. The number of aliphatic carboxylic acids is 1. The fourth-order valence-electron chi connectivity index (χ4n) is 9.93. The fourth-order valence-corrected chi connectivity index (χ4v) is 9.93. The Morgan fingerprint density at radius 1 is 0.844 bits per heavy atom. The van der Waals surface area contributed by atoms with E-state index in [0.717, 1.165) is 6.42 Å².